The number of carboxylic acids is 1. The zero-order valence-electron chi connectivity index (χ0n) is 11.0. The second kappa shape index (κ2) is 6.61. The average Bonchev–Trinajstić information content (AvgIpc) is 2.32. The Morgan fingerprint density at radius 2 is 2.10 bits per heavy atom. The van der Waals surface area contributed by atoms with Gasteiger partial charge in [-0.05, 0) is 24.5 Å². The number of halogens is 1. The number of carboxylic acid groups (broad SMARTS) is 1. The van der Waals surface area contributed by atoms with Crippen molar-refractivity contribution >= 4 is 29.3 Å². The normalized spacial score (nSPS) is 14.4. The van der Waals surface area contributed by atoms with Gasteiger partial charge in [0, 0.05) is 6.54 Å². The smallest absolute Gasteiger partial charge is 0.339 e. The second-order valence-electron chi connectivity index (χ2n) is 4.93. The molecule has 0 spiro atoms. The SMILES string of the molecule is O=C(NCCC1CCC1)Nc1cccc(Cl)c1C(=O)O. The Morgan fingerprint density at radius 3 is 2.70 bits per heavy atom. The monoisotopic (exact) mass is 296 g/mol. The summed E-state index contributed by atoms with van der Waals surface area (Å²) < 4.78 is 0. The van der Waals surface area contributed by atoms with E-state index in [2.05, 4.69) is 10.6 Å². The van der Waals surface area contributed by atoms with Crippen LogP contribution in [0.4, 0.5) is 10.5 Å². The predicted octanol–water partition coefficient (Wildman–Crippen LogP) is 3.35. The van der Waals surface area contributed by atoms with Gasteiger partial charge in [-0.2, -0.15) is 0 Å². The molecule has 0 unspecified atom stereocenters. The van der Waals surface area contributed by atoms with Gasteiger partial charge in [0.05, 0.1) is 10.7 Å². The van der Waals surface area contributed by atoms with Gasteiger partial charge in [-0.15, -0.1) is 0 Å². The molecule has 0 saturated heterocycles. The maximum atomic E-state index is 11.7. The van der Waals surface area contributed by atoms with E-state index in [1.54, 1.807) is 6.07 Å². The molecule has 108 valence electrons. The summed E-state index contributed by atoms with van der Waals surface area (Å²) in [4.78, 5) is 22.8. The fourth-order valence-electron chi connectivity index (χ4n) is 2.18. The van der Waals surface area contributed by atoms with E-state index in [4.69, 9.17) is 16.7 Å². The molecule has 6 heteroatoms. The molecule has 1 aromatic rings. The molecule has 1 saturated carbocycles. The molecule has 20 heavy (non-hydrogen) atoms. The Morgan fingerprint density at radius 1 is 1.35 bits per heavy atom. The van der Waals surface area contributed by atoms with Crippen LogP contribution < -0.4 is 10.6 Å². The van der Waals surface area contributed by atoms with Crippen molar-refractivity contribution < 1.29 is 14.7 Å². The van der Waals surface area contributed by atoms with Crippen molar-refractivity contribution in [3.63, 3.8) is 0 Å². The molecule has 0 radical (unpaired) electrons. The van der Waals surface area contributed by atoms with Crippen molar-refractivity contribution in [2.75, 3.05) is 11.9 Å². The highest BCUT2D eigenvalue weighted by Crippen LogP contribution is 2.28. The molecular weight excluding hydrogens is 280 g/mol. The summed E-state index contributed by atoms with van der Waals surface area (Å²) in [6.45, 7) is 0.597. The van der Waals surface area contributed by atoms with E-state index >= 15 is 0 Å². The zero-order valence-corrected chi connectivity index (χ0v) is 11.7. The molecule has 1 aliphatic carbocycles. The molecule has 3 N–H and O–H groups in total. The van der Waals surface area contributed by atoms with Crippen LogP contribution in [0.3, 0.4) is 0 Å². The molecule has 1 fully saturated rings. The maximum Gasteiger partial charge on any atom is 0.339 e. The Bertz CT molecular complexity index is 515. The van der Waals surface area contributed by atoms with Crippen molar-refractivity contribution in [3.05, 3.63) is 28.8 Å². The van der Waals surface area contributed by atoms with E-state index in [0.717, 1.165) is 12.3 Å². The number of carbonyl (C=O) groups is 2. The number of hydrogen-bond donors (Lipinski definition) is 3. The number of aromatic carboxylic acids is 1. The third-order valence-corrected chi connectivity index (χ3v) is 3.85. The van der Waals surface area contributed by atoms with Crippen LogP contribution in [0.2, 0.25) is 5.02 Å². The highest BCUT2D eigenvalue weighted by Gasteiger charge is 2.18. The van der Waals surface area contributed by atoms with Gasteiger partial charge in [-0.1, -0.05) is 36.9 Å². The molecule has 0 aromatic heterocycles. The number of hydrogen-bond acceptors (Lipinski definition) is 2. The maximum absolute atomic E-state index is 11.7. The lowest BCUT2D eigenvalue weighted by Gasteiger charge is -2.25. The zero-order chi connectivity index (χ0) is 14.5. The van der Waals surface area contributed by atoms with Crippen LogP contribution in [0, 0.1) is 5.92 Å². The van der Waals surface area contributed by atoms with E-state index < -0.39 is 12.0 Å². The van der Waals surface area contributed by atoms with Crippen LogP contribution in [0.15, 0.2) is 18.2 Å². The molecule has 1 aromatic carbocycles. The number of anilines is 1. The van der Waals surface area contributed by atoms with Crippen LogP contribution in [0.1, 0.15) is 36.0 Å². The van der Waals surface area contributed by atoms with Crippen LogP contribution in [0.5, 0.6) is 0 Å². The molecule has 0 aliphatic heterocycles. The average molecular weight is 297 g/mol. The van der Waals surface area contributed by atoms with Crippen molar-refractivity contribution in [1.29, 1.82) is 0 Å². The molecule has 5 nitrogen and oxygen atoms in total. The molecular formula is C14H17ClN2O3. The van der Waals surface area contributed by atoms with Crippen LogP contribution >= 0.6 is 11.6 Å². The number of nitrogens with one attached hydrogen (secondary N) is 2. The minimum Gasteiger partial charge on any atom is -0.478 e. The molecule has 2 rings (SSSR count). The van der Waals surface area contributed by atoms with Gasteiger partial charge in [0.15, 0.2) is 0 Å². The first-order valence-corrected chi connectivity index (χ1v) is 7.02. The van der Waals surface area contributed by atoms with Crippen molar-refractivity contribution in [3.8, 4) is 0 Å². The van der Waals surface area contributed by atoms with Gasteiger partial charge >= 0.3 is 12.0 Å². The lowest BCUT2D eigenvalue weighted by molar-refractivity contribution is 0.0698. The fraction of sp³-hybridized carbons (Fsp3) is 0.429. The van der Waals surface area contributed by atoms with Gasteiger partial charge in [-0.3, -0.25) is 0 Å². The van der Waals surface area contributed by atoms with Crippen molar-refractivity contribution in [1.82, 2.24) is 5.32 Å². The number of urea groups is 1. The summed E-state index contributed by atoms with van der Waals surface area (Å²) in [5.74, 6) is -0.448. The Hall–Kier alpha value is -1.75. The highest BCUT2D eigenvalue weighted by atomic mass is 35.5. The fourth-order valence-corrected chi connectivity index (χ4v) is 2.44. The summed E-state index contributed by atoms with van der Waals surface area (Å²) in [6, 6.07) is 4.18. The highest BCUT2D eigenvalue weighted by molar-refractivity contribution is 6.34. The standard InChI is InChI=1S/C14H17ClN2O3/c15-10-5-2-6-11(12(10)13(18)19)17-14(20)16-8-7-9-3-1-4-9/h2,5-6,9H,1,3-4,7-8H2,(H,18,19)(H2,16,17,20). The first-order chi connectivity index (χ1) is 9.58. The van der Waals surface area contributed by atoms with Gasteiger partial charge in [0.2, 0.25) is 0 Å². The number of amides is 2. The van der Waals surface area contributed by atoms with E-state index in [1.165, 1.54) is 31.4 Å². The van der Waals surface area contributed by atoms with E-state index in [-0.39, 0.29) is 16.3 Å². The van der Waals surface area contributed by atoms with Crippen molar-refractivity contribution in [2.45, 2.75) is 25.7 Å². The Labute approximate surface area is 122 Å². The summed E-state index contributed by atoms with van der Waals surface area (Å²) in [5, 5.41) is 14.5. The summed E-state index contributed by atoms with van der Waals surface area (Å²) in [6.07, 6.45) is 4.72. The minimum absolute atomic E-state index is 0.0942. The third-order valence-electron chi connectivity index (χ3n) is 3.54. The molecule has 0 atom stereocenters. The van der Waals surface area contributed by atoms with Crippen LogP contribution in [-0.4, -0.2) is 23.7 Å². The van der Waals surface area contributed by atoms with E-state index in [1.807, 2.05) is 0 Å². The lowest BCUT2D eigenvalue weighted by Crippen LogP contribution is -2.31. The van der Waals surface area contributed by atoms with Crippen LogP contribution in [-0.2, 0) is 0 Å². The van der Waals surface area contributed by atoms with Crippen LogP contribution in [0.25, 0.3) is 0 Å². The van der Waals surface area contributed by atoms with Gasteiger partial charge in [-0.25, -0.2) is 9.59 Å². The number of benzene rings is 1. The summed E-state index contributed by atoms with van der Waals surface area (Å²) in [5.41, 5.74) is 0.106. The van der Waals surface area contributed by atoms with E-state index in [0.29, 0.717) is 6.54 Å². The largest absolute Gasteiger partial charge is 0.478 e. The number of rotatable bonds is 5. The quantitative estimate of drug-likeness (QED) is 0.779. The summed E-state index contributed by atoms with van der Waals surface area (Å²) >= 11 is 5.83. The second-order valence-corrected chi connectivity index (χ2v) is 5.34. The Kier molecular flexibility index (Phi) is 4.84. The topological polar surface area (TPSA) is 78.4 Å². The van der Waals surface area contributed by atoms with Gasteiger partial charge < -0.3 is 15.7 Å². The molecule has 1 aliphatic rings. The molecule has 2 amide bonds. The van der Waals surface area contributed by atoms with Crippen molar-refractivity contribution in [2.24, 2.45) is 5.92 Å². The predicted molar refractivity (Wildman–Crippen MR) is 77.4 cm³/mol. The first kappa shape index (κ1) is 14.7. The lowest BCUT2D eigenvalue weighted by atomic mass is 9.83. The Balaban J connectivity index is 1.90. The summed E-state index contributed by atoms with van der Waals surface area (Å²) in [7, 11) is 0. The molecule has 0 bridgehead atoms. The first-order valence-electron chi connectivity index (χ1n) is 6.64. The number of carbonyl (C=O) groups excluding carboxylic acids is 1. The van der Waals surface area contributed by atoms with E-state index in [9.17, 15) is 9.59 Å². The minimum atomic E-state index is -1.17. The third kappa shape index (κ3) is 3.63. The molecule has 0 heterocycles. The van der Waals surface area contributed by atoms with Gasteiger partial charge in [0.1, 0.15) is 5.56 Å². The van der Waals surface area contributed by atoms with Gasteiger partial charge in [0.25, 0.3) is 0 Å².